The molecule has 1 N–H and O–H groups in total. The second-order valence-corrected chi connectivity index (χ2v) is 9.99. The van der Waals surface area contributed by atoms with E-state index >= 15 is 0 Å². The topological polar surface area (TPSA) is 84.9 Å². The summed E-state index contributed by atoms with van der Waals surface area (Å²) in [6.07, 6.45) is -1.06. The number of hydrogen-bond donors (Lipinski definition) is 1. The molecule has 33 heavy (non-hydrogen) atoms. The van der Waals surface area contributed by atoms with Gasteiger partial charge in [0.05, 0.1) is 23.7 Å². The molecule has 3 aromatic rings. The predicted octanol–water partition coefficient (Wildman–Crippen LogP) is 4.39. The van der Waals surface area contributed by atoms with E-state index in [0.29, 0.717) is 17.3 Å². The fraction of sp³-hybridized carbons (Fsp3) is 0.208. The van der Waals surface area contributed by atoms with Gasteiger partial charge in [0.15, 0.2) is 6.10 Å². The normalized spacial score (nSPS) is 15.5. The summed E-state index contributed by atoms with van der Waals surface area (Å²) in [5, 5.41) is 3.17. The van der Waals surface area contributed by atoms with Crippen molar-refractivity contribution in [2.75, 3.05) is 23.3 Å². The molecular formula is C24H23ClN2O5S. The lowest BCUT2D eigenvalue weighted by molar-refractivity contribution is -0.122. The summed E-state index contributed by atoms with van der Waals surface area (Å²) in [6.45, 7) is 2.08. The SMILES string of the molecule is COCc1cccc(NC(=O)[C@H]2CN(S(=O)(=O)c3ccc(C)cc3)c3cc(Cl)ccc3O2)c1. The van der Waals surface area contributed by atoms with Crippen LogP contribution in [0, 0.1) is 6.92 Å². The number of sulfonamides is 1. The molecule has 3 aromatic carbocycles. The molecule has 9 heteroatoms. The van der Waals surface area contributed by atoms with E-state index in [1.807, 2.05) is 13.0 Å². The van der Waals surface area contributed by atoms with Gasteiger partial charge in [0.1, 0.15) is 5.75 Å². The molecule has 1 aliphatic rings. The first-order chi connectivity index (χ1) is 15.8. The first-order valence-electron chi connectivity index (χ1n) is 10.2. The molecule has 0 unspecified atom stereocenters. The maximum Gasteiger partial charge on any atom is 0.267 e. The van der Waals surface area contributed by atoms with Gasteiger partial charge in [-0.1, -0.05) is 41.4 Å². The Kier molecular flexibility index (Phi) is 6.60. The van der Waals surface area contributed by atoms with Crippen molar-refractivity contribution in [2.24, 2.45) is 0 Å². The molecule has 0 bridgehead atoms. The minimum atomic E-state index is -3.96. The Balaban J connectivity index is 1.65. The third-order valence-electron chi connectivity index (χ3n) is 5.20. The highest BCUT2D eigenvalue weighted by Gasteiger charge is 2.37. The van der Waals surface area contributed by atoms with Crippen LogP contribution in [0.3, 0.4) is 0 Å². The van der Waals surface area contributed by atoms with E-state index in [1.165, 1.54) is 10.4 Å². The monoisotopic (exact) mass is 486 g/mol. The molecule has 0 fully saturated rings. The van der Waals surface area contributed by atoms with Crippen LogP contribution in [0.4, 0.5) is 11.4 Å². The number of ether oxygens (including phenoxy) is 2. The molecule has 0 saturated heterocycles. The predicted molar refractivity (Wildman–Crippen MR) is 127 cm³/mol. The first kappa shape index (κ1) is 23.1. The van der Waals surface area contributed by atoms with Gasteiger partial charge in [0.2, 0.25) is 0 Å². The summed E-state index contributed by atoms with van der Waals surface area (Å²) in [5.74, 6) is -0.205. The number of rotatable bonds is 6. The van der Waals surface area contributed by atoms with Gasteiger partial charge in [0, 0.05) is 17.8 Å². The number of hydrogen-bond acceptors (Lipinski definition) is 5. The van der Waals surface area contributed by atoms with Gasteiger partial charge in [0.25, 0.3) is 15.9 Å². The molecule has 0 radical (unpaired) electrons. The third kappa shape index (κ3) is 4.98. The van der Waals surface area contributed by atoms with Crippen LogP contribution in [0.2, 0.25) is 5.02 Å². The molecular weight excluding hydrogens is 464 g/mol. The van der Waals surface area contributed by atoms with Crippen LogP contribution in [0.5, 0.6) is 5.75 Å². The molecule has 4 rings (SSSR count). The third-order valence-corrected chi connectivity index (χ3v) is 7.23. The van der Waals surface area contributed by atoms with Crippen molar-refractivity contribution >= 4 is 38.9 Å². The van der Waals surface area contributed by atoms with Crippen molar-refractivity contribution in [3.63, 3.8) is 0 Å². The Morgan fingerprint density at radius 1 is 1.15 bits per heavy atom. The molecule has 0 aliphatic carbocycles. The van der Waals surface area contributed by atoms with E-state index in [1.54, 1.807) is 61.7 Å². The van der Waals surface area contributed by atoms with Crippen LogP contribution < -0.4 is 14.4 Å². The molecule has 7 nitrogen and oxygen atoms in total. The molecule has 1 amide bonds. The Morgan fingerprint density at radius 3 is 2.64 bits per heavy atom. The van der Waals surface area contributed by atoms with Gasteiger partial charge in [-0.05, 0) is 55.0 Å². The second kappa shape index (κ2) is 9.43. The van der Waals surface area contributed by atoms with E-state index < -0.39 is 22.0 Å². The maximum atomic E-state index is 13.5. The molecule has 1 aliphatic heterocycles. The van der Waals surface area contributed by atoms with Gasteiger partial charge in [-0.25, -0.2) is 8.42 Å². The van der Waals surface area contributed by atoms with Crippen LogP contribution in [0.25, 0.3) is 0 Å². The molecule has 0 spiro atoms. The van der Waals surface area contributed by atoms with Crippen molar-refractivity contribution in [1.82, 2.24) is 0 Å². The number of anilines is 2. The zero-order valence-electron chi connectivity index (χ0n) is 18.1. The van der Waals surface area contributed by atoms with Crippen LogP contribution in [-0.4, -0.2) is 34.1 Å². The molecule has 172 valence electrons. The minimum Gasteiger partial charge on any atom is -0.476 e. The number of halogens is 1. The number of benzene rings is 3. The fourth-order valence-corrected chi connectivity index (χ4v) is 5.19. The highest BCUT2D eigenvalue weighted by Crippen LogP contribution is 2.39. The van der Waals surface area contributed by atoms with E-state index in [-0.39, 0.29) is 22.9 Å². The van der Waals surface area contributed by atoms with Gasteiger partial charge in [-0.2, -0.15) is 0 Å². The number of fused-ring (bicyclic) bond motifs is 1. The lowest BCUT2D eigenvalue weighted by Crippen LogP contribution is -2.48. The van der Waals surface area contributed by atoms with Crippen LogP contribution in [0.15, 0.2) is 71.6 Å². The molecule has 1 heterocycles. The summed E-state index contributed by atoms with van der Waals surface area (Å²) in [6, 6.07) is 18.4. The average Bonchev–Trinajstić information content (AvgIpc) is 2.79. The maximum absolute atomic E-state index is 13.5. The Bertz CT molecular complexity index is 1280. The largest absolute Gasteiger partial charge is 0.476 e. The van der Waals surface area contributed by atoms with Crippen molar-refractivity contribution in [1.29, 1.82) is 0 Å². The molecule has 1 atom stereocenters. The van der Waals surface area contributed by atoms with Crippen molar-refractivity contribution in [3.05, 3.63) is 82.9 Å². The Hall–Kier alpha value is -3.07. The first-order valence-corrected chi connectivity index (χ1v) is 12.0. The van der Waals surface area contributed by atoms with Crippen LogP contribution in [0.1, 0.15) is 11.1 Å². The van der Waals surface area contributed by atoms with E-state index in [0.717, 1.165) is 11.1 Å². The number of carbonyl (C=O) groups is 1. The number of amides is 1. The summed E-state index contributed by atoms with van der Waals surface area (Å²) in [7, 11) is -2.37. The van der Waals surface area contributed by atoms with Crippen molar-refractivity contribution in [3.8, 4) is 5.75 Å². The van der Waals surface area contributed by atoms with E-state index in [9.17, 15) is 13.2 Å². The highest BCUT2D eigenvalue weighted by molar-refractivity contribution is 7.92. The van der Waals surface area contributed by atoms with Gasteiger partial charge >= 0.3 is 0 Å². The summed E-state index contributed by atoms with van der Waals surface area (Å²) < 4.78 is 39.2. The minimum absolute atomic E-state index is 0.118. The summed E-state index contributed by atoms with van der Waals surface area (Å²) in [5.41, 5.74) is 2.68. The van der Waals surface area contributed by atoms with E-state index in [4.69, 9.17) is 21.1 Å². The second-order valence-electron chi connectivity index (χ2n) is 7.69. The Morgan fingerprint density at radius 2 is 1.91 bits per heavy atom. The molecule has 0 aromatic heterocycles. The van der Waals surface area contributed by atoms with E-state index in [2.05, 4.69) is 5.32 Å². The number of methoxy groups -OCH3 is 1. The van der Waals surface area contributed by atoms with Crippen molar-refractivity contribution < 1.29 is 22.7 Å². The van der Waals surface area contributed by atoms with Crippen LogP contribution in [-0.2, 0) is 26.2 Å². The smallest absolute Gasteiger partial charge is 0.267 e. The number of nitrogens with zero attached hydrogens (tertiary/aromatic N) is 1. The highest BCUT2D eigenvalue weighted by atomic mass is 35.5. The summed E-state index contributed by atoms with van der Waals surface area (Å²) >= 11 is 6.14. The quantitative estimate of drug-likeness (QED) is 0.558. The van der Waals surface area contributed by atoms with Gasteiger partial charge < -0.3 is 14.8 Å². The number of aryl methyl sites for hydroxylation is 1. The van der Waals surface area contributed by atoms with Gasteiger partial charge in [-0.3, -0.25) is 9.10 Å². The standard InChI is InChI=1S/C24H23ClN2O5S/c1-16-6-9-20(10-7-16)33(29,30)27-14-23(32-22-11-8-18(25)13-21(22)27)24(28)26-19-5-3-4-17(12-19)15-31-2/h3-13,23H,14-15H2,1-2H3,(H,26,28)/t23-/m1/s1. The van der Waals surface area contributed by atoms with Gasteiger partial charge in [-0.15, -0.1) is 0 Å². The number of nitrogens with one attached hydrogen (secondary N) is 1. The van der Waals surface area contributed by atoms with Crippen LogP contribution >= 0.6 is 11.6 Å². The van der Waals surface area contributed by atoms with Crippen molar-refractivity contribution in [2.45, 2.75) is 24.5 Å². The zero-order valence-corrected chi connectivity index (χ0v) is 19.7. The lowest BCUT2D eigenvalue weighted by Gasteiger charge is -2.35. The fourth-order valence-electron chi connectivity index (χ4n) is 3.55. The molecule has 0 saturated carbocycles. The Labute approximate surface area is 197 Å². The number of carbonyl (C=O) groups excluding carboxylic acids is 1. The lowest BCUT2D eigenvalue weighted by atomic mass is 10.2. The zero-order chi connectivity index (χ0) is 23.6. The average molecular weight is 487 g/mol. The summed E-state index contributed by atoms with van der Waals surface area (Å²) in [4.78, 5) is 13.2.